The Morgan fingerprint density at radius 2 is 0.449 bits per heavy atom. The fraction of sp³-hybridized carbons (Fsp3) is 0.955. The van der Waals surface area contributed by atoms with Crippen molar-refractivity contribution >= 4 is 39.5 Å². The van der Waals surface area contributed by atoms with Crippen LogP contribution in [0.25, 0.3) is 0 Å². The largest absolute Gasteiger partial charge is 0.472 e. The Hall–Kier alpha value is -1.94. The number of aliphatic hydroxyl groups excluding tert-OH is 1. The second kappa shape index (κ2) is 78.0. The maximum Gasteiger partial charge on any atom is 0.472 e. The molecule has 0 aromatic carbocycles. The van der Waals surface area contributed by atoms with Gasteiger partial charge < -0.3 is 33.8 Å². The van der Waals surface area contributed by atoms with E-state index in [1.54, 1.807) is 0 Å². The summed E-state index contributed by atoms with van der Waals surface area (Å²) in [5.74, 6) is 0.299. The molecule has 0 aromatic rings. The summed E-state index contributed by atoms with van der Waals surface area (Å²) in [6, 6.07) is 0. The van der Waals surface area contributed by atoms with Crippen molar-refractivity contribution in [1.29, 1.82) is 0 Å². The minimum Gasteiger partial charge on any atom is -0.462 e. The number of phosphoric acid groups is 2. The maximum absolute atomic E-state index is 13.2. The van der Waals surface area contributed by atoms with Crippen LogP contribution in [0.1, 0.15) is 466 Å². The second-order valence-corrected chi connectivity index (χ2v) is 35.3. The lowest BCUT2D eigenvalue weighted by Gasteiger charge is -2.21. The van der Waals surface area contributed by atoms with Gasteiger partial charge in [-0.15, -0.1) is 0 Å². The average Bonchev–Trinajstić information content (AvgIpc) is 0.909. The van der Waals surface area contributed by atoms with E-state index in [2.05, 4.69) is 48.5 Å². The highest BCUT2D eigenvalue weighted by atomic mass is 31.2. The molecular weight excluding hydrogens is 1390 g/mol. The van der Waals surface area contributed by atoms with Crippen LogP contribution in [-0.4, -0.2) is 96.7 Å². The first kappa shape index (κ1) is 105. The third-order valence-corrected chi connectivity index (χ3v) is 23.6. The summed E-state index contributed by atoms with van der Waals surface area (Å²) in [7, 11) is -9.93. The van der Waals surface area contributed by atoms with Crippen molar-refractivity contribution < 1.29 is 80.2 Å². The minimum atomic E-state index is -4.97. The van der Waals surface area contributed by atoms with Gasteiger partial charge in [0.1, 0.15) is 19.3 Å². The molecule has 107 heavy (non-hydrogen) atoms. The predicted molar refractivity (Wildman–Crippen MR) is 441 cm³/mol. The molecular formula is C88H172O17P2. The smallest absolute Gasteiger partial charge is 0.462 e. The zero-order valence-corrected chi connectivity index (χ0v) is 72.4. The molecule has 0 fully saturated rings. The van der Waals surface area contributed by atoms with Gasteiger partial charge in [0.2, 0.25) is 0 Å². The standard InChI is InChI=1S/C88H172O17P2/c1-8-12-13-14-15-16-17-18-19-20-21-22-23-27-30-33-36-42-47-55-62-69-85(90)98-75-83(104-87(92)71-64-57-48-43-37-34-31-28-25-24-26-29-32-35-40-45-52-59-66-79(5)9-2)77-102-106(94,95)100-73-82(89)74-101-107(96,97)103-78-84(76-99-86(91)70-63-56-51-50-54-61-68-81(7)11-4)105-88(93)72-65-58-49-44-39-38-41-46-53-60-67-80(6)10-3/h79-84,89H,8-78H2,1-7H3,(H,94,95)(H,96,97)/t79?,80?,81?,82-,83-,84-/m1/s1. The van der Waals surface area contributed by atoms with Crippen molar-refractivity contribution in [3.8, 4) is 0 Å². The SMILES string of the molecule is CCCCCCCCCCCCCCCCCCCCCCCC(=O)OC[C@H](COP(=O)(O)OC[C@@H](O)COP(=O)(O)OC[C@@H](COC(=O)CCCCCCCCC(C)CC)OC(=O)CCCCCCCCCCCCC(C)CC)OC(=O)CCCCCCCCCCCCCCCCCCCCC(C)CC. The summed E-state index contributed by atoms with van der Waals surface area (Å²) in [4.78, 5) is 73.2. The molecule has 636 valence electrons. The van der Waals surface area contributed by atoms with Gasteiger partial charge in [0, 0.05) is 25.7 Å². The van der Waals surface area contributed by atoms with Crippen molar-refractivity contribution in [3.63, 3.8) is 0 Å². The van der Waals surface area contributed by atoms with Gasteiger partial charge in [-0.25, -0.2) is 9.13 Å². The molecule has 0 bridgehead atoms. The van der Waals surface area contributed by atoms with Gasteiger partial charge in [0.15, 0.2) is 12.2 Å². The van der Waals surface area contributed by atoms with E-state index in [9.17, 15) is 43.2 Å². The van der Waals surface area contributed by atoms with Crippen LogP contribution in [0.3, 0.4) is 0 Å². The summed E-state index contributed by atoms with van der Waals surface area (Å²) < 4.78 is 68.9. The van der Waals surface area contributed by atoms with Crippen molar-refractivity contribution in [2.75, 3.05) is 39.6 Å². The lowest BCUT2D eigenvalue weighted by Crippen LogP contribution is -2.30. The number of carbonyl (C=O) groups excluding carboxylic acids is 4. The van der Waals surface area contributed by atoms with Gasteiger partial charge in [0.05, 0.1) is 26.4 Å². The molecule has 0 spiro atoms. The number of esters is 4. The highest BCUT2D eigenvalue weighted by Gasteiger charge is 2.31. The van der Waals surface area contributed by atoms with Crippen LogP contribution in [0, 0.1) is 17.8 Å². The molecule has 0 rings (SSSR count). The average molecular weight is 1560 g/mol. The number of hydrogen-bond donors (Lipinski definition) is 3. The van der Waals surface area contributed by atoms with E-state index < -0.39 is 97.5 Å². The van der Waals surface area contributed by atoms with E-state index in [1.165, 1.54) is 270 Å². The van der Waals surface area contributed by atoms with Crippen molar-refractivity contribution in [2.24, 2.45) is 17.8 Å². The summed E-state index contributed by atoms with van der Waals surface area (Å²) in [5, 5.41) is 10.7. The first-order valence-corrected chi connectivity index (χ1v) is 48.5. The predicted octanol–water partition coefficient (Wildman–Crippen LogP) is 26.9. The van der Waals surface area contributed by atoms with Crippen LogP contribution >= 0.6 is 15.6 Å². The number of hydrogen-bond acceptors (Lipinski definition) is 15. The summed E-state index contributed by atoms with van der Waals surface area (Å²) in [6.07, 6.45) is 69.5. The molecule has 0 saturated heterocycles. The molecule has 0 amide bonds. The molecule has 0 aliphatic rings. The highest BCUT2D eigenvalue weighted by Crippen LogP contribution is 2.45. The Bertz CT molecular complexity index is 2070. The topological polar surface area (TPSA) is 237 Å². The molecule has 0 aromatic heterocycles. The molecule has 0 aliphatic carbocycles. The Morgan fingerprint density at radius 3 is 0.664 bits per heavy atom. The van der Waals surface area contributed by atoms with Crippen LogP contribution in [0.2, 0.25) is 0 Å². The third-order valence-electron chi connectivity index (χ3n) is 21.7. The normalized spacial score (nSPS) is 14.6. The fourth-order valence-corrected chi connectivity index (χ4v) is 15.2. The number of rotatable bonds is 86. The molecule has 0 saturated carbocycles. The van der Waals surface area contributed by atoms with Crippen molar-refractivity contribution in [3.05, 3.63) is 0 Å². The Labute approximate surface area is 658 Å². The van der Waals surface area contributed by atoms with Gasteiger partial charge in [-0.1, -0.05) is 414 Å². The zero-order valence-electron chi connectivity index (χ0n) is 70.6. The van der Waals surface area contributed by atoms with Gasteiger partial charge in [0.25, 0.3) is 0 Å². The maximum atomic E-state index is 13.2. The molecule has 3 N–H and O–H groups in total. The summed E-state index contributed by atoms with van der Waals surface area (Å²) in [6.45, 7) is 12.0. The lowest BCUT2D eigenvalue weighted by atomic mass is 9.99. The Morgan fingerprint density at radius 1 is 0.262 bits per heavy atom. The van der Waals surface area contributed by atoms with Gasteiger partial charge in [-0.3, -0.25) is 37.3 Å². The van der Waals surface area contributed by atoms with Crippen LogP contribution < -0.4 is 0 Å². The number of phosphoric ester groups is 2. The van der Waals surface area contributed by atoms with Gasteiger partial charge >= 0.3 is 39.5 Å². The lowest BCUT2D eigenvalue weighted by molar-refractivity contribution is -0.161. The number of carbonyl (C=O) groups is 4. The van der Waals surface area contributed by atoms with Gasteiger partial charge in [-0.05, 0) is 43.4 Å². The first-order valence-electron chi connectivity index (χ1n) is 45.5. The second-order valence-electron chi connectivity index (χ2n) is 32.4. The van der Waals surface area contributed by atoms with Crippen molar-refractivity contribution in [2.45, 2.75) is 484 Å². The fourth-order valence-electron chi connectivity index (χ4n) is 13.6. The number of unbranched alkanes of at least 4 members (excludes halogenated alkanes) is 51. The van der Waals surface area contributed by atoms with Crippen LogP contribution in [0.5, 0.6) is 0 Å². The van der Waals surface area contributed by atoms with E-state index in [0.717, 1.165) is 114 Å². The number of aliphatic hydroxyl groups is 1. The zero-order chi connectivity index (χ0) is 78.6. The Balaban J connectivity index is 5.22. The summed E-state index contributed by atoms with van der Waals surface area (Å²) in [5.41, 5.74) is 0. The van der Waals surface area contributed by atoms with Crippen LogP contribution in [0.4, 0.5) is 0 Å². The minimum absolute atomic E-state index is 0.106. The van der Waals surface area contributed by atoms with Crippen LogP contribution in [-0.2, 0) is 65.4 Å². The molecule has 8 atom stereocenters. The molecule has 0 radical (unpaired) electrons. The molecule has 17 nitrogen and oxygen atoms in total. The van der Waals surface area contributed by atoms with E-state index in [1.807, 2.05) is 0 Å². The molecule has 0 heterocycles. The monoisotopic (exact) mass is 1560 g/mol. The molecule has 19 heteroatoms. The van der Waals surface area contributed by atoms with E-state index in [4.69, 9.17) is 37.0 Å². The first-order chi connectivity index (χ1) is 51.8. The number of ether oxygens (including phenoxy) is 4. The van der Waals surface area contributed by atoms with E-state index in [-0.39, 0.29) is 25.7 Å². The Kier molecular flexibility index (Phi) is 76.6. The molecule has 5 unspecified atom stereocenters. The summed E-state index contributed by atoms with van der Waals surface area (Å²) >= 11 is 0. The van der Waals surface area contributed by atoms with E-state index >= 15 is 0 Å². The third kappa shape index (κ3) is 77.8. The highest BCUT2D eigenvalue weighted by molar-refractivity contribution is 7.47. The quantitative estimate of drug-likeness (QED) is 0.0222. The van der Waals surface area contributed by atoms with Gasteiger partial charge in [-0.2, -0.15) is 0 Å². The van der Waals surface area contributed by atoms with E-state index in [0.29, 0.717) is 25.7 Å². The van der Waals surface area contributed by atoms with Crippen molar-refractivity contribution in [1.82, 2.24) is 0 Å². The molecule has 0 aliphatic heterocycles. The van der Waals surface area contributed by atoms with Crippen LogP contribution in [0.15, 0.2) is 0 Å².